The second kappa shape index (κ2) is 9.57. The highest BCUT2D eigenvalue weighted by Crippen LogP contribution is 2.46. The van der Waals surface area contributed by atoms with E-state index in [2.05, 4.69) is 15.3 Å². The van der Waals surface area contributed by atoms with Gasteiger partial charge in [0.25, 0.3) is 5.91 Å². The molecule has 0 saturated carbocycles. The number of hydrogen-bond acceptors (Lipinski definition) is 5. The van der Waals surface area contributed by atoms with Crippen LogP contribution in [0.1, 0.15) is 43.4 Å². The van der Waals surface area contributed by atoms with Crippen molar-refractivity contribution in [1.82, 2.24) is 19.8 Å². The van der Waals surface area contributed by atoms with Gasteiger partial charge in [-0.25, -0.2) is 17.6 Å². The molecule has 3 aromatic rings. The van der Waals surface area contributed by atoms with Crippen LogP contribution in [0.4, 0.5) is 23.2 Å². The van der Waals surface area contributed by atoms with Gasteiger partial charge in [-0.3, -0.25) is 19.4 Å². The molecule has 2 aliphatic rings. The molecule has 1 aromatic carbocycles. The Morgan fingerprint density at radius 3 is 2.63 bits per heavy atom. The molecule has 41 heavy (non-hydrogen) atoms. The number of aromatic nitrogens is 2. The first-order chi connectivity index (χ1) is 19.2. The van der Waals surface area contributed by atoms with Crippen molar-refractivity contribution in [3.8, 4) is 6.07 Å². The van der Waals surface area contributed by atoms with Gasteiger partial charge < -0.3 is 20.1 Å². The number of hydrogen-bond donors (Lipinski definition) is 2. The van der Waals surface area contributed by atoms with E-state index >= 15 is 4.39 Å². The molecular weight excluding hydrogens is 544 g/mol. The molecule has 3 amide bonds. The van der Waals surface area contributed by atoms with Crippen LogP contribution in [0.25, 0.3) is 10.9 Å². The molecule has 2 N–H and O–H groups in total. The number of pyridine rings is 1. The van der Waals surface area contributed by atoms with E-state index in [9.17, 15) is 32.8 Å². The number of halogens is 4. The lowest BCUT2D eigenvalue weighted by atomic mass is 9.83. The van der Waals surface area contributed by atoms with Crippen LogP contribution in [0.15, 0.2) is 30.5 Å². The number of nitrogens with one attached hydrogen (secondary N) is 2. The van der Waals surface area contributed by atoms with Crippen LogP contribution in [0.5, 0.6) is 0 Å². The summed E-state index contributed by atoms with van der Waals surface area (Å²) in [7, 11) is 1.22. The number of likely N-dealkylation sites (N-methyl/N-ethyl adjacent to an activating group) is 1. The van der Waals surface area contributed by atoms with Crippen molar-refractivity contribution in [2.45, 2.75) is 50.4 Å². The summed E-state index contributed by atoms with van der Waals surface area (Å²) in [5, 5.41) is 12.3. The predicted molar refractivity (Wildman–Crippen MR) is 139 cm³/mol. The molecule has 1 saturated heterocycles. The Morgan fingerprint density at radius 2 is 1.98 bits per heavy atom. The highest BCUT2D eigenvalue weighted by Gasteiger charge is 2.58. The number of fused-ring (bicyclic) bond motifs is 3. The monoisotopic (exact) mass is 570 g/mol. The van der Waals surface area contributed by atoms with Crippen molar-refractivity contribution in [2.75, 3.05) is 18.9 Å². The lowest BCUT2D eigenvalue weighted by Gasteiger charge is -2.39. The lowest BCUT2D eigenvalue weighted by molar-refractivity contribution is -0.139. The van der Waals surface area contributed by atoms with Gasteiger partial charge in [0.1, 0.15) is 34.7 Å². The fourth-order valence-corrected chi connectivity index (χ4v) is 5.71. The van der Waals surface area contributed by atoms with Gasteiger partial charge in [-0.05, 0) is 32.0 Å². The van der Waals surface area contributed by atoms with Crippen LogP contribution in [0.2, 0.25) is 0 Å². The maximum Gasteiger partial charge on any atom is 0.270 e. The summed E-state index contributed by atoms with van der Waals surface area (Å²) in [5.41, 5.74) is -3.42. The van der Waals surface area contributed by atoms with Crippen LogP contribution in [0, 0.1) is 34.7 Å². The summed E-state index contributed by atoms with van der Waals surface area (Å²) < 4.78 is 57.8. The first kappa shape index (κ1) is 28.1. The Hall–Kier alpha value is -4.47. The Kier molecular flexibility index (Phi) is 6.55. The molecule has 1 fully saturated rings. The number of alkyl halides is 1. The molecule has 2 unspecified atom stereocenters. The molecule has 2 aromatic heterocycles. The van der Waals surface area contributed by atoms with E-state index in [1.807, 2.05) is 6.07 Å². The zero-order valence-corrected chi connectivity index (χ0v) is 22.6. The fourth-order valence-electron chi connectivity index (χ4n) is 5.71. The molecule has 1 spiro atoms. The number of likely N-dealkylation sites (tertiary alicyclic amines) is 1. The topological polar surface area (TPSA) is 122 Å². The molecule has 5 rings (SSSR count). The van der Waals surface area contributed by atoms with Crippen molar-refractivity contribution in [2.24, 2.45) is 5.92 Å². The summed E-state index contributed by atoms with van der Waals surface area (Å²) in [6.07, 6.45) is 1.43. The van der Waals surface area contributed by atoms with E-state index in [-0.39, 0.29) is 24.0 Å². The van der Waals surface area contributed by atoms with Gasteiger partial charge >= 0.3 is 0 Å². The highest BCUT2D eigenvalue weighted by atomic mass is 19.2. The van der Waals surface area contributed by atoms with Crippen LogP contribution in [0.3, 0.4) is 0 Å². The Balaban J connectivity index is 1.53. The van der Waals surface area contributed by atoms with Crippen molar-refractivity contribution in [3.05, 3.63) is 59.3 Å². The molecular formula is C28H26F4N6O3. The van der Waals surface area contributed by atoms with Gasteiger partial charge in [-0.2, -0.15) is 5.26 Å². The normalized spacial score (nSPS) is 21.5. The third-order valence-electron chi connectivity index (χ3n) is 8.27. The van der Waals surface area contributed by atoms with Gasteiger partial charge in [0.15, 0.2) is 11.6 Å². The van der Waals surface area contributed by atoms with E-state index in [0.717, 1.165) is 15.9 Å². The second-order valence-corrected chi connectivity index (χ2v) is 11.1. The lowest BCUT2D eigenvalue weighted by Crippen LogP contribution is -2.57. The molecule has 0 aliphatic carbocycles. The molecule has 13 heteroatoms. The number of nitriles is 1. The minimum absolute atomic E-state index is 0.0605. The van der Waals surface area contributed by atoms with Gasteiger partial charge in [-0.1, -0.05) is 6.92 Å². The molecule has 0 bridgehead atoms. The summed E-state index contributed by atoms with van der Waals surface area (Å²) in [6, 6.07) is 4.06. The van der Waals surface area contributed by atoms with Gasteiger partial charge in [0.2, 0.25) is 11.8 Å². The van der Waals surface area contributed by atoms with Crippen molar-refractivity contribution in [1.29, 1.82) is 5.26 Å². The van der Waals surface area contributed by atoms with Crippen LogP contribution in [-0.2, 0) is 15.0 Å². The van der Waals surface area contributed by atoms with E-state index in [0.29, 0.717) is 17.4 Å². The molecule has 0 radical (unpaired) electrons. The summed E-state index contributed by atoms with van der Waals surface area (Å²) >= 11 is 0. The first-order valence-electron chi connectivity index (χ1n) is 12.8. The maximum atomic E-state index is 15.4. The molecule has 9 nitrogen and oxygen atoms in total. The summed E-state index contributed by atoms with van der Waals surface area (Å²) in [6.45, 7) is 3.63. The molecule has 4 heterocycles. The molecule has 2 aliphatic heterocycles. The number of aromatic amines is 1. The Bertz CT molecular complexity index is 1640. The zero-order valence-electron chi connectivity index (χ0n) is 22.6. The van der Waals surface area contributed by atoms with E-state index in [1.165, 1.54) is 34.0 Å². The van der Waals surface area contributed by atoms with Gasteiger partial charge in [0.05, 0.1) is 23.0 Å². The third-order valence-corrected chi connectivity index (χ3v) is 8.27. The zero-order chi connectivity index (χ0) is 30.0. The second-order valence-electron chi connectivity index (χ2n) is 11.1. The summed E-state index contributed by atoms with van der Waals surface area (Å²) in [5.74, 6) is -7.25. The van der Waals surface area contributed by atoms with Crippen LogP contribution >= 0.6 is 0 Å². The van der Waals surface area contributed by atoms with E-state index in [4.69, 9.17) is 0 Å². The van der Waals surface area contributed by atoms with Crippen molar-refractivity contribution < 1.29 is 31.9 Å². The number of H-pyrrole nitrogens is 1. The SMILES string of the molecule is C[C@@H](C(C(=O)N1C[C@]2(CC1C#N)C(=O)Nc1cccnc12)N(C)C(=O)c1cc2c(F)cc(F)c(F)c2[nH]1)C(C)(C)F. The fraction of sp³-hybridized carbons (Fsp3) is 0.393. The number of nitrogens with zero attached hydrogens (tertiary/aromatic N) is 4. The predicted octanol–water partition coefficient (Wildman–Crippen LogP) is 3.82. The number of carbonyl (C=O) groups excluding carboxylic acids is 3. The van der Waals surface area contributed by atoms with Gasteiger partial charge in [-0.15, -0.1) is 0 Å². The molecule has 4 atom stereocenters. The van der Waals surface area contributed by atoms with Crippen LogP contribution < -0.4 is 5.32 Å². The van der Waals surface area contributed by atoms with Gasteiger partial charge in [0, 0.05) is 43.6 Å². The minimum atomic E-state index is -2.00. The smallest absolute Gasteiger partial charge is 0.270 e. The highest BCUT2D eigenvalue weighted by molar-refractivity contribution is 6.07. The van der Waals surface area contributed by atoms with Crippen LogP contribution in [-0.4, -0.2) is 68.8 Å². The van der Waals surface area contributed by atoms with E-state index in [1.54, 1.807) is 12.1 Å². The first-order valence-corrected chi connectivity index (χ1v) is 12.8. The maximum absolute atomic E-state index is 15.4. The molecule has 214 valence electrons. The third kappa shape index (κ3) is 4.29. The van der Waals surface area contributed by atoms with E-state index < -0.39 is 69.8 Å². The number of amides is 3. The quantitative estimate of drug-likeness (QED) is 0.357. The van der Waals surface area contributed by atoms with Crippen molar-refractivity contribution >= 4 is 34.3 Å². The Morgan fingerprint density at radius 1 is 1.27 bits per heavy atom. The average Bonchev–Trinajstić information content (AvgIpc) is 3.61. The summed E-state index contributed by atoms with van der Waals surface area (Å²) in [4.78, 5) is 49.6. The average molecular weight is 571 g/mol. The number of rotatable bonds is 5. The van der Waals surface area contributed by atoms with Crippen molar-refractivity contribution in [3.63, 3.8) is 0 Å². The number of carbonyl (C=O) groups is 3. The standard InChI is InChI=1S/C28H26F4N6O3/c1-13(27(2,3)32)22(37(4)24(39)19-8-15-16(29)9-17(30)20(31)21(15)35-19)25(40)38-12-28(10-14(38)11-33)23-18(36-26(28)41)6-5-7-34-23/h5-9,13-14,22,35H,10,12H2,1-4H3,(H,36,41)/t13-,14?,22?,28-/m0/s1. The number of anilines is 1. The Labute approximate surface area is 232 Å². The number of benzene rings is 1. The largest absolute Gasteiger partial charge is 0.348 e. The minimum Gasteiger partial charge on any atom is -0.348 e.